The van der Waals surface area contributed by atoms with Crippen molar-refractivity contribution in [2.75, 3.05) is 13.2 Å². The Kier molecular flexibility index (Phi) is 3.64. The van der Waals surface area contributed by atoms with Gasteiger partial charge in [-0.25, -0.2) is 4.98 Å². The van der Waals surface area contributed by atoms with Crippen LogP contribution in [0.1, 0.15) is 32.0 Å². The van der Waals surface area contributed by atoms with Gasteiger partial charge in [-0.3, -0.25) is 4.79 Å². The molecular weight excluding hydrogens is 268 g/mol. The zero-order valence-corrected chi connectivity index (χ0v) is 12.2. The summed E-state index contributed by atoms with van der Waals surface area (Å²) in [6, 6.07) is 7.16. The number of nitrogens with one attached hydrogen (secondary N) is 1. The van der Waals surface area contributed by atoms with E-state index in [9.17, 15) is 4.79 Å². The van der Waals surface area contributed by atoms with Gasteiger partial charge in [0.2, 0.25) is 0 Å². The molecule has 0 atom stereocenters. The molecule has 1 aliphatic heterocycles. The van der Waals surface area contributed by atoms with Gasteiger partial charge in [-0.2, -0.15) is 0 Å². The minimum atomic E-state index is -0.143. The molecule has 0 bridgehead atoms. The maximum absolute atomic E-state index is 11.8. The summed E-state index contributed by atoms with van der Waals surface area (Å²) in [6.07, 6.45) is 0.866. The van der Waals surface area contributed by atoms with Crippen LogP contribution in [0.25, 0.3) is 11.3 Å². The van der Waals surface area contributed by atoms with Crippen LogP contribution in [-0.4, -0.2) is 23.2 Å². The SMILES string of the molecule is CC(C)c1nc(-c2ccc3c(c2)OCCCO3)cc(=O)[nH]1. The lowest BCUT2D eigenvalue weighted by Gasteiger charge is -2.10. The predicted molar refractivity (Wildman–Crippen MR) is 80.0 cm³/mol. The van der Waals surface area contributed by atoms with Crippen LogP contribution in [0.5, 0.6) is 11.5 Å². The van der Waals surface area contributed by atoms with Crippen molar-refractivity contribution in [3.8, 4) is 22.8 Å². The Hall–Kier alpha value is -2.30. The topological polar surface area (TPSA) is 64.2 Å². The van der Waals surface area contributed by atoms with Crippen molar-refractivity contribution >= 4 is 0 Å². The summed E-state index contributed by atoms with van der Waals surface area (Å²) >= 11 is 0. The molecule has 1 aromatic carbocycles. The van der Waals surface area contributed by atoms with Crippen LogP contribution in [0.15, 0.2) is 29.1 Å². The number of ether oxygens (including phenoxy) is 2. The Labute approximate surface area is 123 Å². The molecule has 1 aromatic heterocycles. The third kappa shape index (κ3) is 2.91. The lowest BCUT2D eigenvalue weighted by atomic mass is 10.1. The zero-order valence-electron chi connectivity index (χ0n) is 12.2. The van der Waals surface area contributed by atoms with Gasteiger partial charge in [0.05, 0.1) is 18.9 Å². The molecule has 5 nitrogen and oxygen atoms in total. The standard InChI is InChI=1S/C16H18N2O3/c1-10(2)16-17-12(9-15(19)18-16)11-4-5-13-14(8-11)21-7-3-6-20-13/h4-5,8-10H,3,6-7H2,1-2H3,(H,17,18,19). The van der Waals surface area contributed by atoms with Crippen LogP contribution in [0.2, 0.25) is 0 Å². The second-order valence-electron chi connectivity index (χ2n) is 5.38. The highest BCUT2D eigenvalue weighted by Crippen LogP contribution is 2.33. The lowest BCUT2D eigenvalue weighted by Crippen LogP contribution is -2.12. The van der Waals surface area contributed by atoms with E-state index in [0.717, 1.165) is 17.7 Å². The molecule has 0 saturated carbocycles. The van der Waals surface area contributed by atoms with E-state index in [1.54, 1.807) is 0 Å². The fourth-order valence-electron chi connectivity index (χ4n) is 2.22. The normalized spacial score (nSPS) is 14.0. The molecule has 0 unspecified atom stereocenters. The second-order valence-corrected chi connectivity index (χ2v) is 5.38. The van der Waals surface area contributed by atoms with E-state index < -0.39 is 0 Å². The number of H-pyrrole nitrogens is 1. The number of fused-ring (bicyclic) bond motifs is 1. The molecule has 0 amide bonds. The van der Waals surface area contributed by atoms with Crippen molar-refractivity contribution < 1.29 is 9.47 Å². The molecule has 21 heavy (non-hydrogen) atoms. The monoisotopic (exact) mass is 286 g/mol. The summed E-state index contributed by atoms with van der Waals surface area (Å²) in [6.45, 7) is 5.29. The highest BCUT2D eigenvalue weighted by atomic mass is 16.5. The van der Waals surface area contributed by atoms with Gasteiger partial charge < -0.3 is 14.5 Å². The van der Waals surface area contributed by atoms with Crippen LogP contribution in [0.3, 0.4) is 0 Å². The van der Waals surface area contributed by atoms with Gasteiger partial charge >= 0.3 is 0 Å². The summed E-state index contributed by atoms with van der Waals surface area (Å²) in [5.41, 5.74) is 1.36. The van der Waals surface area contributed by atoms with Gasteiger partial charge in [-0.05, 0) is 18.2 Å². The fourth-order valence-corrected chi connectivity index (χ4v) is 2.22. The first-order valence-corrected chi connectivity index (χ1v) is 7.15. The first kappa shape index (κ1) is 13.7. The Morgan fingerprint density at radius 2 is 1.90 bits per heavy atom. The van der Waals surface area contributed by atoms with Crippen molar-refractivity contribution in [2.24, 2.45) is 0 Å². The van der Waals surface area contributed by atoms with E-state index in [1.807, 2.05) is 32.0 Å². The second kappa shape index (κ2) is 5.60. The molecular formula is C16H18N2O3. The minimum Gasteiger partial charge on any atom is -0.490 e. The average Bonchev–Trinajstić information content (AvgIpc) is 2.70. The third-order valence-corrected chi connectivity index (χ3v) is 3.35. The number of nitrogens with zero attached hydrogens (tertiary/aromatic N) is 1. The molecule has 1 aliphatic rings. The average molecular weight is 286 g/mol. The van der Waals surface area contributed by atoms with E-state index >= 15 is 0 Å². The number of rotatable bonds is 2. The molecule has 3 rings (SSSR count). The van der Waals surface area contributed by atoms with Gasteiger partial charge in [-0.15, -0.1) is 0 Å². The van der Waals surface area contributed by atoms with Gasteiger partial charge in [-0.1, -0.05) is 13.8 Å². The van der Waals surface area contributed by atoms with Gasteiger partial charge in [0.1, 0.15) is 5.82 Å². The van der Waals surface area contributed by atoms with Gasteiger partial charge in [0.25, 0.3) is 5.56 Å². The molecule has 110 valence electrons. The first-order valence-electron chi connectivity index (χ1n) is 7.15. The summed E-state index contributed by atoms with van der Waals surface area (Å²) in [7, 11) is 0. The summed E-state index contributed by atoms with van der Waals surface area (Å²) in [5, 5.41) is 0. The molecule has 0 saturated heterocycles. The molecule has 2 aromatic rings. The van der Waals surface area contributed by atoms with Crippen LogP contribution < -0.4 is 15.0 Å². The van der Waals surface area contributed by atoms with E-state index in [0.29, 0.717) is 30.5 Å². The highest BCUT2D eigenvalue weighted by molar-refractivity contribution is 5.63. The fraction of sp³-hybridized carbons (Fsp3) is 0.375. The highest BCUT2D eigenvalue weighted by Gasteiger charge is 2.13. The minimum absolute atomic E-state index is 0.143. The van der Waals surface area contributed by atoms with Gasteiger partial charge in [0.15, 0.2) is 11.5 Å². The largest absolute Gasteiger partial charge is 0.490 e. The van der Waals surface area contributed by atoms with Crippen molar-refractivity contribution in [1.29, 1.82) is 0 Å². The van der Waals surface area contributed by atoms with E-state index in [4.69, 9.17) is 9.47 Å². The predicted octanol–water partition coefficient (Wildman–Crippen LogP) is 2.72. The van der Waals surface area contributed by atoms with E-state index in [2.05, 4.69) is 9.97 Å². The molecule has 0 fully saturated rings. The molecule has 0 radical (unpaired) electrons. The number of benzene rings is 1. The zero-order chi connectivity index (χ0) is 14.8. The Morgan fingerprint density at radius 1 is 1.14 bits per heavy atom. The summed E-state index contributed by atoms with van der Waals surface area (Å²) < 4.78 is 11.3. The van der Waals surface area contributed by atoms with Crippen molar-refractivity contribution in [2.45, 2.75) is 26.2 Å². The Morgan fingerprint density at radius 3 is 2.67 bits per heavy atom. The quantitative estimate of drug-likeness (QED) is 0.922. The number of aromatic amines is 1. The van der Waals surface area contributed by atoms with E-state index in [-0.39, 0.29) is 11.5 Å². The van der Waals surface area contributed by atoms with Crippen LogP contribution in [0.4, 0.5) is 0 Å². The first-order chi connectivity index (χ1) is 10.1. The summed E-state index contributed by atoms with van der Waals surface area (Å²) in [4.78, 5) is 19.1. The van der Waals surface area contributed by atoms with Crippen LogP contribution in [-0.2, 0) is 0 Å². The van der Waals surface area contributed by atoms with Crippen molar-refractivity contribution in [3.63, 3.8) is 0 Å². The maximum Gasteiger partial charge on any atom is 0.251 e. The smallest absolute Gasteiger partial charge is 0.251 e. The Bertz CT molecular complexity index is 707. The maximum atomic E-state index is 11.8. The van der Waals surface area contributed by atoms with Crippen LogP contribution >= 0.6 is 0 Å². The molecule has 1 N–H and O–H groups in total. The van der Waals surface area contributed by atoms with E-state index in [1.165, 1.54) is 6.07 Å². The molecule has 2 heterocycles. The van der Waals surface area contributed by atoms with Crippen molar-refractivity contribution in [3.05, 3.63) is 40.4 Å². The van der Waals surface area contributed by atoms with Crippen LogP contribution in [0, 0.1) is 0 Å². The van der Waals surface area contributed by atoms with Crippen molar-refractivity contribution in [1.82, 2.24) is 9.97 Å². The number of aromatic nitrogens is 2. The Balaban J connectivity index is 2.04. The summed E-state index contributed by atoms with van der Waals surface area (Å²) in [5.74, 6) is 2.30. The van der Waals surface area contributed by atoms with Gasteiger partial charge in [0, 0.05) is 24.0 Å². The molecule has 5 heteroatoms. The molecule has 0 aliphatic carbocycles. The third-order valence-electron chi connectivity index (χ3n) is 3.35. The molecule has 0 spiro atoms. The number of hydrogen-bond acceptors (Lipinski definition) is 4. The lowest BCUT2D eigenvalue weighted by molar-refractivity contribution is 0.297. The number of hydrogen-bond donors (Lipinski definition) is 1.